The highest BCUT2D eigenvalue weighted by Gasteiger charge is 2.64. The third kappa shape index (κ3) is 2.01. The maximum Gasteiger partial charge on any atom is 0.0522 e. The molecule has 2 rings (SSSR count). The lowest BCUT2D eigenvalue weighted by Crippen LogP contribution is -2.23. The lowest BCUT2D eigenvalue weighted by atomic mass is 10.0. The predicted molar refractivity (Wildman–Crippen MR) is 70.7 cm³/mol. The van der Waals surface area contributed by atoms with E-state index in [2.05, 4.69) is 55.8 Å². The van der Waals surface area contributed by atoms with Crippen LogP contribution in [0.5, 0.6) is 0 Å². The fourth-order valence-electron chi connectivity index (χ4n) is 2.84. The molecule has 1 aliphatic carbocycles. The molecular formula is C14H25N3. The molecule has 3 heteroatoms. The van der Waals surface area contributed by atoms with Gasteiger partial charge in [0.25, 0.3) is 0 Å². The Labute approximate surface area is 105 Å². The number of aryl methyl sites for hydroxylation is 1. The van der Waals surface area contributed by atoms with Crippen molar-refractivity contribution in [1.29, 1.82) is 0 Å². The summed E-state index contributed by atoms with van der Waals surface area (Å²) in [6, 6.07) is 2.73. The van der Waals surface area contributed by atoms with Gasteiger partial charge in [-0.25, -0.2) is 0 Å². The van der Waals surface area contributed by atoms with Crippen LogP contribution in [-0.4, -0.2) is 15.8 Å². The van der Waals surface area contributed by atoms with Crippen molar-refractivity contribution in [3.05, 3.63) is 18.0 Å². The lowest BCUT2D eigenvalue weighted by Gasteiger charge is -2.09. The van der Waals surface area contributed by atoms with Gasteiger partial charge in [-0.05, 0) is 23.3 Å². The number of aromatic nitrogens is 2. The van der Waals surface area contributed by atoms with E-state index in [1.165, 1.54) is 5.69 Å². The molecule has 0 aromatic carbocycles. The molecule has 1 aromatic rings. The summed E-state index contributed by atoms with van der Waals surface area (Å²) in [6.07, 6.45) is 3.03. The van der Waals surface area contributed by atoms with Crippen LogP contribution in [0.15, 0.2) is 12.3 Å². The van der Waals surface area contributed by atoms with Gasteiger partial charge in [0.05, 0.1) is 5.69 Å². The van der Waals surface area contributed by atoms with Gasteiger partial charge in [-0.3, -0.25) is 4.68 Å². The molecular weight excluding hydrogens is 210 g/mol. The summed E-state index contributed by atoms with van der Waals surface area (Å²) in [5, 5.41) is 8.03. The van der Waals surface area contributed by atoms with Crippen molar-refractivity contribution < 1.29 is 0 Å². The molecule has 1 aromatic heterocycles. The quantitative estimate of drug-likeness (QED) is 0.850. The van der Waals surface area contributed by atoms with Crippen molar-refractivity contribution in [2.24, 2.45) is 10.8 Å². The molecule has 0 saturated heterocycles. The van der Waals surface area contributed by atoms with Crippen LogP contribution < -0.4 is 5.32 Å². The van der Waals surface area contributed by atoms with Gasteiger partial charge in [0.15, 0.2) is 0 Å². The minimum atomic E-state index is 0.405. The second-order valence-electron chi connectivity index (χ2n) is 6.30. The summed E-state index contributed by atoms with van der Waals surface area (Å²) in [7, 11) is 0. The first-order valence-electron chi connectivity index (χ1n) is 6.65. The molecule has 0 amide bonds. The van der Waals surface area contributed by atoms with Gasteiger partial charge in [-0.2, -0.15) is 5.10 Å². The van der Waals surface area contributed by atoms with Crippen molar-refractivity contribution in [3.63, 3.8) is 0 Å². The normalized spacial score (nSPS) is 21.7. The highest BCUT2D eigenvalue weighted by molar-refractivity contribution is 5.18. The molecule has 0 atom stereocenters. The zero-order valence-electron chi connectivity index (χ0n) is 11.7. The first-order valence-corrected chi connectivity index (χ1v) is 6.65. The summed E-state index contributed by atoms with van der Waals surface area (Å²) < 4.78 is 2.11. The zero-order chi connectivity index (χ0) is 12.7. The maximum absolute atomic E-state index is 4.35. The van der Waals surface area contributed by atoms with Crippen molar-refractivity contribution in [1.82, 2.24) is 15.1 Å². The molecule has 1 fully saturated rings. The van der Waals surface area contributed by atoms with Gasteiger partial charge < -0.3 is 5.32 Å². The van der Waals surface area contributed by atoms with Gasteiger partial charge >= 0.3 is 0 Å². The zero-order valence-corrected chi connectivity index (χ0v) is 11.7. The fourth-order valence-corrected chi connectivity index (χ4v) is 2.84. The standard InChI is InChI=1S/C14H25N3/c1-6-9-17-11(7-8-16-17)10-15-12-13(2,3)14(12,4)5/h7-8,12,15H,6,9-10H2,1-5H3. The van der Waals surface area contributed by atoms with Gasteiger partial charge in [0, 0.05) is 25.3 Å². The van der Waals surface area contributed by atoms with Crippen molar-refractivity contribution >= 4 is 0 Å². The largest absolute Gasteiger partial charge is 0.307 e. The molecule has 0 unspecified atom stereocenters. The average molecular weight is 235 g/mol. The lowest BCUT2D eigenvalue weighted by molar-refractivity contribution is 0.457. The second kappa shape index (κ2) is 4.13. The van der Waals surface area contributed by atoms with Gasteiger partial charge in [-0.1, -0.05) is 34.6 Å². The van der Waals surface area contributed by atoms with E-state index in [0.29, 0.717) is 16.9 Å². The van der Waals surface area contributed by atoms with Gasteiger partial charge in [0.2, 0.25) is 0 Å². The van der Waals surface area contributed by atoms with Crippen LogP contribution >= 0.6 is 0 Å². The Morgan fingerprint density at radius 1 is 1.29 bits per heavy atom. The van der Waals surface area contributed by atoms with E-state index in [1.54, 1.807) is 0 Å². The van der Waals surface area contributed by atoms with Crippen LogP contribution in [0.4, 0.5) is 0 Å². The Bertz CT molecular complexity index is 376. The maximum atomic E-state index is 4.35. The SMILES string of the molecule is CCCn1nccc1CNC1C(C)(C)C1(C)C. The Morgan fingerprint density at radius 2 is 1.94 bits per heavy atom. The summed E-state index contributed by atoms with van der Waals surface area (Å²) in [5.41, 5.74) is 2.11. The Hall–Kier alpha value is -0.830. The van der Waals surface area contributed by atoms with Crippen LogP contribution in [-0.2, 0) is 13.1 Å². The van der Waals surface area contributed by atoms with Gasteiger partial charge in [0.1, 0.15) is 0 Å². The molecule has 1 heterocycles. The first kappa shape index (κ1) is 12.6. The first-order chi connectivity index (χ1) is 7.91. The van der Waals surface area contributed by atoms with Crippen LogP contribution in [0, 0.1) is 10.8 Å². The number of nitrogens with one attached hydrogen (secondary N) is 1. The number of rotatable bonds is 5. The van der Waals surface area contributed by atoms with Crippen LogP contribution in [0.1, 0.15) is 46.7 Å². The Morgan fingerprint density at radius 3 is 2.47 bits per heavy atom. The van der Waals surface area contributed by atoms with Crippen LogP contribution in [0.25, 0.3) is 0 Å². The Balaban J connectivity index is 1.93. The molecule has 17 heavy (non-hydrogen) atoms. The molecule has 0 bridgehead atoms. The number of nitrogens with zero attached hydrogens (tertiary/aromatic N) is 2. The number of hydrogen-bond acceptors (Lipinski definition) is 2. The third-order valence-corrected chi connectivity index (χ3v) is 4.75. The summed E-state index contributed by atoms with van der Waals surface area (Å²) >= 11 is 0. The van der Waals surface area contributed by atoms with E-state index >= 15 is 0 Å². The van der Waals surface area contributed by atoms with Gasteiger partial charge in [-0.15, -0.1) is 0 Å². The summed E-state index contributed by atoms with van der Waals surface area (Å²) in [5.74, 6) is 0. The van der Waals surface area contributed by atoms with E-state index in [9.17, 15) is 0 Å². The van der Waals surface area contributed by atoms with E-state index in [0.717, 1.165) is 19.5 Å². The monoisotopic (exact) mass is 235 g/mol. The highest BCUT2D eigenvalue weighted by atomic mass is 15.3. The van der Waals surface area contributed by atoms with E-state index < -0.39 is 0 Å². The second-order valence-corrected chi connectivity index (χ2v) is 6.30. The summed E-state index contributed by atoms with van der Waals surface area (Å²) in [6.45, 7) is 13.5. The predicted octanol–water partition coefficient (Wildman–Crippen LogP) is 2.82. The molecule has 0 spiro atoms. The van der Waals surface area contributed by atoms with Crippen LogP contribution in [0.3, 0.4) is 0 Å². The molecule has 0 radical (unpaired) electrons. The fraction of sp³-hybridized carbons (Fsp3) is 0.786. The van der Waals surface area contributed by atoms with Crippen molar-refractivity contribution in [3.8, 4) is 0 Å². The third-order valence-electron chi connectivity index (χ3n) is 4.75. The topological polar surface area (TPSA) is 29.9 Å². The summed E-state index contributed by atoms with van der Waals surface area (Å²) in [4.78, 5) is 0. The smallest absolute Gasteiger partial charge is 0.0522 e. The molecule has 1 aliphatic rings. The highest BCUT2D eigenvalue weighted by Crippen LogP contribution is 2.62. The average Bonchev–Trinajstić information content (AvgIpc) is 2.59. The Kier molecular flexibility index (Phi) is 3.06. The van der Waals surface area contributed by atoms with E-state index in [-0.39, 0.29) is 0 Å². The number of hydrogen-bond donors (Lipinski definition) is 1. The van der Waals surface area contributed by atoms with Crippen molar-refractivity contribution in [2.45, 2.75) is 60.2 Å². The molecule has 0 aliphatic heterocycles. The minimum Gasteiger partial charge on any atom is -0.307 e. The van der Waals surface area contributed by atoms with Crippen LogP contribution in [0.2, 0.25) is 0 Å². The molecule has 96 valence electrons. The molecule has 3 nitrogen and oxygen atoms in total. The van der Waals surface area contributed by atoms with E-state index in [4.69, 9.17) is 0 Å². The molecule has 1 saturated carbocycles. The van der Waals surface area contributed by atoms with Crippen molar-refractivity contribution in [2.75, 3.05) is 0 Å². The minimum absolute atomic E-state index is 0.405. The van der Waals surface area contributed by atoms with E-state index in [1.807, 2.05) is 6.20 Å². The molecule has 1 N–H and O–H groups in total.